The Hall–Kier alpha value is -2.21. The van der Waals surface area contributed by atoms with Crippen molar-refractivity contribution in [3.63, 3.8) is 0 Å². The summed E-state index contributed by atoms with van der Waals surface area (Å²) in [6.45, 7) is 4.99. The number of hydrogen-bond donors (Lipinski definition) is 2. The van der Waals surface area contributed by atoms with Crippen molar-refractivity contribution in [2.24, 2.45) is 5.92 Å². The lowest BCUT2D eigenvalue weighted by atomic mass is 10.1. The van der Waals surface area contributed by atoms with Crippen LogP contribution in [-0.2, 0) is 19.7 Å². The fraction of sp³-hybridized carbons (Fsp3) is 0.474. The second kappa shape index (κ2) is 7.35. The predicted octanol–water partition coefficient (Wildman–Crippen LogP) is 2.98. The van der Waals surface area contributed by atoms with Gasteiger partial charge in [0.15, 0.2) is 0 Å². The molecule has 1 saturated carbocycles. The Morgan fingerprint density at radius 1 is 1.44 bits per heavy atom. The molecule has 0 bridgehead atoms. The first-order chi connectivity index (χ1) is 12.0. The van der Waals surface area contributed by atoms with Crippen LogP contribution in [0.4, 0.5) is 4.39 Å². The number of aromatic nitrogens is 2. The van der Waals surface area contributed by atoms with Gasteiger partial charge in [0.25, 0.3) is 5.91 Å². The lowest BCUT2D eigenvalue weighted by molar-refractivity contribution is 0.0949. The van der Waals surface area contributed by atoms with Gasteiger partial charge >= 0.3 is 0 Å². The molecule has 1 fully saturated rings. The number of hydrogen-bond acceptors (Lipinski definition) is 3. The topological polar surface area (TPSA) is 67.2 Å². The molecule has 0 aliphatic heterocycles. The number of carbonyl (C=O) groups excluding carboxylic acids is 1. The monoisotopic (exact) mass is 345 g/mol. The van der Waals surface area contributed by atoms with Crippen LogP contribution in [0.2, 0.25) is 0 Å². The highest BCUT2D eigenvalue weighted by Gasteiger charge is 2.32. The van der Waals surface area contributed by atoms with E-state index in [0.29, 0.717) is 17.4 Å². The molecular formula is C19H24FN3O2. The molecule has 134 valence electrons. The molecule has 1 aromatic heterocycles. The Bertz CT molecular complexity index is 766. The third-order valence-electron chi connectivity index (χ3n) is 4.36. The highest BCUT2D eigenvalue weighted by Crippen LogP contribution is 2.41. The number of halogens is 1. The number of aliphatic hydroxyl groups is 1. The highest BCUT2D eigenvalue weighted by atomic mass is 19.1. The zero-order chi connectivity index (χ0) is 18.0. The number of amides is 1. The molecule has 25 heavy (non-hydrogen) atoms. The molecule has 1 heterocycles. The number of nitrogens with one attached hydrogen (secondary N) is 1. The molecule has 0 unspecified atom stereocenters. The third-order valence-corrected chi connectivity index (χ3v) is 4.36. The van der Waals surface area contributed by atoms with Crippen LogP contribution in [0, 0.1) is 11.7 Å². The van der Waals surface area contributed by atoms with Gasteiger partial charge in [0.05, 0.1) is 24.1 Å². The minimum atomic E-state index is -0.441. The van der Waals surface area contributed by atoms with E-state index in [9.17, 15) is 9.18 Å². The van der Waals surface area contributed by atoms with E-state index in [1.54, 1.807) is 18.3 Å². The van der Waals surface area contributed by atoms with Crippen molar-refractivity contribution < 1.29 is 14.3 Å². The first-order valence-electron chi connectivity index (χ1n) is 8.71. The van der Waals surface area contributed by atoms with E-state index in [1.807, 2.05) is 4.68 Å². The molecule has 3 rings (SSSR count). The minimum absolute atomic E-state index is 0.160. The molecule has 0 saturated heterocycles. The summed E-state index contributed by atoms with van der Waals surface area (Å²) in [7, 11) is 0. The number of aliphatic hydroxyl groups excluding tert-OH is 1. The van der Waals surface area contributed by atoms with Crippen molar-refractivity contribution >= 4 is 5.91 Å². The van der Waals surface area contributed by atoms with Gasteiger partial charge in [0.1, 0.15) is 5.82 Å². The molecule has 2 N–H and O–H groups in total. The molecule has 0 radical (unpaired) electrons. The highest BCUT2D eigenvalue weighted by molar-refractivity contribution is 5.95. The van der Waals surface area contributed by atoms with Crippen LogP contribution in [0.3, 0.4) is 0 Å². The molecule has 0 spiro atoms. The van der Waals surface area contributed by atoms with Crippen molar-refractivity contribution in [3.05, 3.63) is 52.6 Å². The summed E-state index contributed by atoms with van der Waals surface area (Å²) < 4.78 is 15.4. The van der Waals surface area contributed by atoms with Crippen LogP contribution in [0.5, 0.6) is 0 Å². The van der Waals surface area contributed by atoms with Gasteiger partial charge in [-0.1, -0.05) is 19.9 Å². The van der Waals surface area contributed by atoms with Crippen molar-refractivity contribution in [1.29, 1.82) is 0 Å². The molecule has 1 aliphatic carbocycles. The quantitative estimate of drug-likeness (QED) is 0.811. The van der Waals surface area contributed by atoms with Crippen LogP contribution in [0.1, 0.15) is 59.8 Å². The van der Waals surface area contributed by atoms with Crippen molar-refractivity contribution in [1.82, 2.24) is 15.1 Å². The van der Waals surface area contributed by atoms with E-state index >= 15 is 0 Å². The summed E-state index contributed by atoms with van der Waals surface area (Å²) in [6.07, 6.45) is 3.85. The van der Waals surface area contributed by atoms with E-state index in [2.05, 4.69) is 24.3 Å². The fourth-order valence-corrected chi connectivity index (χ4v) is 2.99. The maximum Gasteiger partial charge on any atom is 0.255 e. The van der Waals surface area contributed by atoms with Crippen LogP contribution >= 0.6 is 0 Å². The van der Waals surface area contributed by atoms with Gasteiger partial charge in [0, 0.05) is 24.6 Å². The van der Waals surface area contributed by atoms with Gasteiger partial charge in [-0.2, -0.15) is 5.10 Å². The van der Waals surface area contributed by atoms with Crippen LogP contribution < -0.4 is 5.32 Å². The molecular weight excluding hydrogens is 321 g/mol. The largest absolute Gasteiger partial charge is 0.392 e. The normalized spacial score (nSPS) is 14.1. The average molecular weight is 345 g/mol. The van der Waals surface area contributed by atoms with E-state index in [1.165, 1.54) is 6.07 Å². The third kappa shape index (κ3) is 4.07. The zero-order valence-electron chi connectivity index (χ0n) is 14.6. The first-order valence-corrected chi connectivity index (χ1v) is 8.71. The zero-order valence-corrected chi connectivity index (χ0v) is 14.6. The Morgan fingerprint density at radius 3 is 2.84 bits per heavy atom. The summed E-state index contributed by atoms with van der Waals surface area (Å²) in [5.41, 5.74) is 2.64. The Labute approximate surface area is 146 Å². The summed E-state index contributed by atoms with van der Waals surface area (Å²) in [5, 5.41) is 16.4. The summed E-state index contributed by atoms with van der Waals surface area (Å²) in [6, 6.07) is 4.49. The van der Waals surface area contributed by atoms with E-state index < -0.39 is 5.82 Å². The standard InChI is InChI=1S/C19H24FN3O2/c1-12(2)10-23-18(14-4-5-14)16(9-22-23)19(25)21-8-13-3-6-17(20)15(7-13)11-24/h3,6-7,9,12,14,24H,4-5,8,10-11H2,1-2H3,(H,21,25). The van der Waals surface area contributed by atoms with Gasteiger partial charge in [-0.25, -0.2) is 4.39 Å². The lowest BCUT2D eigenvalue weighted by Crippen LogP contribution is -2.24. The van der Waals surface area contributed by atoms with E-state index in [-0.39, 0.29) is 24.6 Å². The van der Waals surface area contributed by atoms with Gasteiger partial charge in [0.2, 0.25) is 0 Å². The van der Waals surface area contributed by atoms with Crippen LogP contribution in [0.25, 0.3) is 0 Å². The van der Waals surface area contributed by atoms with E-state index in [4.69, 9.17) is 5.11 Å². The Kier molecular flexibility index (Phi) is 5.18. The molecule has 0 atom stereocenters. The number of nitrogens with zero attached hydrogens (tertiary/aromatic N) is 2. The summed E-state index contributed by atoms with van der Waals surface area (Å²) in [4.78, 5) is 12.6. The number of carbonyl (C=O) groups is 1. The molecule has 1 aliphatic rings. The van der Waals surface area contributed by atoms with Gasteiger partial charge in [-0.05, 0) is 36.5 Å². The van der Waals surface area contributed by atoms with Crippen LogP contribution in [-0.4, -0.2) is 20.8 Å². The van der Waals surface area contributed by atoms with Gasteiger partial charge in [-0.15, -0.1) is 0 Å². The molecule has 5 nitrogen and oxygen atoms in total. The lowest BCUT2D eigenvalue weighted by Gasteiger charge is -2.11. The van der Waals surface area contributed by atoms with Crippen molar-refractivity contribution in [2.45, 2.75) is 52.3 Å². The molecule has 1 amide bonds. The molecule has 2 aromatic rings. The minimum Gasteiger partial charge on any atom is -0.392 e. The Balaban J connectivity index is 1.72. The second-order valence-electron chi connectivity index (χ2n) is 7.06. The smallest absolute Gasteiger partial charge is 0.255 e. The van der Waals surface area contributed by atoms with Crippen LogP contribution in [0.15, 0.2) is 24.4 Å². The number of benzene rings is 1. The maximum absolute atomic E-state index is 13.4. The van der Waals surface area contributed by atoms with Crippen molar-refractivity contribution in [2.75, 3.05) is 0 Å². The van der Waals surface area contributed by atoms with E-state index in [0.717, 1.165) is 30.6 Å². The summed E-state index contributed by atoms with van der Waals surface area (Å²) in [5.74, 6) is 0.286. The first kappa shape index (κ1) is 17.6. The molecule has 1 aromatic carbocycles. The van der Waals surface area contributed by atoms with Gasteiger partial charge in [-0.3, -0.25) is 9.48 Å². The summed E-state index contributed by atoms with van der Waals surface area (Å²) >= 11 is 0. The molecule has 6 heteroatoms. The average Bonchev–Trinajstić information content (AvgIpc) is 3.34. The number of rotatable bonds is 7. The fourth-order valence-electron chi connectivity index (χ4n) is 2.99. The van der Waals surface area contributed by atoms with Crippen molar-refractivity contribution in [3.8, 4) is 0 Å². The predicted molar refractivity (Wildman–Crippen MR) is 92.5 cm³/mol. The Morgan fingerprint density at radius 2 is 2.20 bits per heavy atom. The maximum atomic E-state index is 13.4. The SMILES string of the molecule is CC(C)Cn1ncc(C(=O)NCc2ccc(F)c(CO)c2)c1C1CC1. The second-order valence-corrected chi connectivity index (χ2v) is 7.06. The van der Waals surface area contributed by atoms with Gasteiger partial charge < -0.3 is 10.4 Å².